The Balaban J connectivity index is 2.21. The lowest BCUT2D eigenvalue weighted by molar-refractivity contribution is 0.0688. The third kappa shape index (κ3) is 2.87. The van der Waals surface area contributed by atoms with E-state index in [1.807, 2.05) is 16.8 Å². The Hall–Kier alpha value is -1.33. The maximum absolute atomic E-state index is 13.4. The monoisotopic (exact) mass is 268 g/mol. The number of hydrogen-bond donors (Lipinski definition) is 1. The molecular formula is C12H9FO2S2. The van der Waals surface area contributed by atoms with Crippen LogP contribution in [-0.2, 0) is 5.75 Å². The number of benzene rings is 1. The molecule has 17 heavy (non-hydrogen) atoms. The summed E-state index contributed by atoms with van der Waals surface area (Å²) < 4.78 is 13.4. The molecule has 1 N–H and O–H groups in total. The Kier molecular flexibility index (Phi) is 3.81. The van der Waals surface area contributed by atoms with Crippen LogP contribution in [0.1, 0.15) is 15.9 Å². The molecule has 0 aliphatic heterocycles. The lowest BCUT2D eigenvalue weighted by Crippen LogP contribution is -2.02. The summed E-state index contributed by atoms with van der Waals surface area (Å²) in [4.78, 5) is 11.4. The minimum absolute atomic E-state index is 0.243. The molecular weight excluding hydrogens is 259 g/mol. The highest BCUT2D eigenvalue weighted by atomic mass is 32.2. The zero-order valence-corrected chi connectivity index (χ0v) is 10.4. The molecule has 0 radical (unpaired) electrons. The summed E-state index contributed by atoms with van der Waals surface area (Å²) in [5.41, 5.74) is 0.869. The van der Waals surface area contributed by atoms with Crippen LogP contribution in [0.3, 0.4) is 0 Å². The average Bonchev–Trinajstić information content (AvgIpc) is 2.78. The highest BCUT2D eigenvalue weighted by Crippen LogP contribution is 2.28. The first-order valence-corrected chi connectivity index (χ1v) is 6.77. The zero-order valence-electron chi connectivity index (χ0n) is 8.72. The number of hydrogen-bond acceptors (Lipinski definition) is 3. The van der Waals surface area contributed by atoms with Crippen LogP contribution >= 0.6 is 23.1 Å². The molecule has 2 nitrogen and oxygen atoms in total. The van der Waals surface area contributed by atoms with Gasteiger partial charge in [-0.1, -0.05) is 6.07 Å². The molecule has 0 aliphatic rings. The molecule has 0 saturated carbocycles. The van der Waals surface area contributed by atoms with Crippen molar-refractivity contribution < 1.29 is 14.3 Å². The summed E-state index contributed by atoms with van der Waals surface area (Å²) in [6.07, 6.45) is 0. The highest BCUT2D eigenvalue weighted by Gasteiger charge is 2.15. The smallest absolute Gasteiger partial charge is 0.339 e. The van der Waals surface area contributed by atoms with Gasteiger partial charge in [-0.05, 0) is 34.5 Å². The van der Waals surface area contributed by atoms with Gasteiger partial charge in [-0.25, -0.2) is 9.18 Å². The van der Waals surface area contributed by atoms with E-state index in [1.54, 1.807) is 17.4 Å². The number of thiophene rings is 1. The van der Waals surface area contributed by atoms with Gasteiger partial charge in [-0.2, -0.15) is 11.3 Å². The molecule has 2 rings (SSSR count). The molecule has 0 atom stereocenters. The summed E-state index contributed by atoms with van der Waals surface area (Å²) in [5, 5.41) is 12.9. The summed E-state index contributed by atoms with van der Waals surface area (Å²) >= 11 is 2.92. The third-order valence-corrected chi connectivity index (χ3v) is 4.02. The van der Waals surface area contributed by atoms with Crippen molar-refractivity contribution in [3.63, 3.8) is 0 Å². The van der Waals surface area contributed by atoms with E-state index in [0.717, 1.165) is 11.6 Å². The molecule has 1 heterocycles. The van der Waals surface area contributed by atoms with Crippen LogP contribution in [0.15, 0.2) is 39.9 Å². The Morgan fingerprint density at radius 1 is 1.41 bits per heavy atom. The van der Waals surface area contributed by atoms with Gasteiger partial charge in [0.25, 0.3) is 0 Å². The van der Waals surface area contributed by atoms with Gasteiger partial charge in [0, 0.05) is 10.6 Å². The Labute approximate surface area is 106 Å². The SMILES string of the molecule is O=C(O)c1c(F)cccc1SCc1ccsc1. The fourth-order valence-corrected chi connectivity index (χ4v) is 3.15. The van der Waals surface area contributed by atoms with E-state index in [1.165, 1.54) is 17.8 Å². The van der Waals surface area contributed by atoms with Crippen LogP contribution in [-0.4, -0.2) is 11.1 Å². The van der Waals surface area contributed by atoms with E-state index in [-0.39, 0.29) is 5.56 Å². The quantitative estimate of drug-likeness (QED) is 0.855. The van der Waals surface area contributed by atoms with E-state index in [0.29, 0.717) is 10.6 Å². The van der Waals surface area contributed by atoms with Crippen LogP contribution in [0, 0.1) is 5.82 Å². The number of rotatable bonds is 4. The number of carboxylic acids is 1. The van der Waals surface area contributed by atoms with Crippen LogP contribution in [0.2, 0.25) is 0 Å². The Bertz CT molecular complexity index is 523. The lowest BCUT2D eigenvalue weighted by atomic mass is 10.2. The molecule has 0 amide bonds. The van der Waals surface area contributed by atoms with Crippen molar-refractivity contribution >= 4 is 29.1 Å². The van der Waals surface area contributed by atoms with E-state index < -0.39 is 11.8 Å². The molecule has 0 unspecified atom stereocenters. The molecule has 88 valence electrons. The predicted molar refractivity (Wildman–Crippen MR) is 67.2 cm³/mol. The average molecular weight is 268 g/mol. The molecule has 0 fully saturated rings. The van der Waals surface area contributed by atoms with Crippen LogP contribution in [0.25, 0.3) is 0 Å². The second-order valence-corrected chi connectivity index (χ2v) is 5.14. The third-order valence-electron chi connectivity index (χ3n) is 2.16. The normalized spacial score (nSPS) is 10.4. The van der Waals surface area contributed by atoms with Gasteiger partial charge in [-0.15, -0.1) is 11.8 Å². The number of carboxylic acid groups (broad SMARTS) is 1. The van der Waals surface area contributed by atoms with E-state index >= 15 is 0 Å². The number of carbonyl (C=O) groups is 1. The predicted octanol–water partition coefficient (Wildman–Crippen LogP) is 3.88. The van der Waals surface area contributed by atoms with Crippen molar-refractivity contribution in [2.45, 2.75) is 10.6 Å². The van der Waals surface area contributed by atoms with Crippen molar-refractivity contribution in [1.29, 1.82) is 0 Å². The fraction of sp³-hybridized carbons (Fsp3) is 0.0833. The van der Waals surface area contributed by atoms with E-state index in [4.69, 9.17) is 5.11 Å². The maximum atomic E-state index is 13.4. The van der Waals surface area contributed by atoms with Crippen LogP contribution in [0.5, 0.6) is 0 Å². The Morgan fingerprint density at radius 2 is 2.24 bits per heavy atom. The Morgan fingerprint density at radius 3 is 2.88 bits per heavy atom. The lowest BCUT2D eigenvalue weighted by Gasteiger charge is -2.05. The molecule has 0 saturated heterocycles. The summed E-state index contributed by atoms with van der Waals surface area (Å²) in [6.45, 7) is 0. The van der Waals surface area contributed by atoms with Crippen molar-refractivity contribution in [3.8, 4) is 0 Å². The summed E-state index contributed by atoms with van der Waals surface area (Å²) in [6, 6.07) is 6.29. The van der Waals surface area contributed by atoms with Gasteiger partial charge in [0.15, 0.2) is 0 Å². The molecule has 1 aromatic carbocycles. The van der Waals surface area contributed by atoms with Crippen LogP contribution in [0.4, 0.5) is 4.39 Å². The molecule has 5 heteroatoms. The summed E-state index contributed by atoms with van der Waals surface area (Å²) in [7, 11) is 0. The molecule has 0 aliphatic carbocycles. The minimum atomic E-state index is -1.23. The van der Waals surface area contributed by atoms with Gasteiger partial charge < -0.3 is 5.11 Å². The first kappa shape index (κ1) is 12.1. The zero-order chi connectivity index (χ0) is 12.3. The topological polar surface area (TPSA) is 37.3 Å². The van der Waals surface area contributed by atoms with Crippen molar-refractivity contribution in [2.75, 3.05) is 0 Å². The van der Waals surface area contributed by atoms with Gasteiger partial charge >= 0.3 is 5.97 Å². The summed E-state index contributed by atoms with van der Waals surface area (Å²) in [5.74, 6) is -1.27. The standard InChI is InChI=1S/C12H9FO2S2/c13-9-2-1-3-10(11(9)12(14)15)17-7-8-4-5-16-6-8/h1-6H,7H2,(H,14,15). The maximum Gasteiger partial charge on any atom is 0.339 e. The molecule has 0 bridgehead atoms. The first-order chi connectivity index (χ1) is 8.18. The first-order valence-electron chi connectivity index (χ1n) is 4.84. The molecule has 2 aromatic rings. The van der Waals surface area contributed by atoms with Gasteiger partial charge in [0.05, 0.1) is 0 Å². The number of aromatic carboxylic acids is 1. The molecule has 1 aromatic heterocycles. The van der Waals surface area contributed by atoms with Crippen molar-refractivity contribution in [2.24, 2.45) is 0 Å². The molecule has 0 spiro atoms. The number of halogens is 1. The van der Waals surface area contributed by atoms with Crippen LogP contribution < -0.4 is 0 Å². The second-order valence-electron chi connectivity index (χ2n) is 3.34. The van der Waals surface area contributed by atoms with E-state index in [2.05, 4.69) is 0 Å². The number of thioether (sulfide) groups is 1. The second kappa shape index (κ2) is 5.33. The van der Waals surface area contributed by atoms with Crippen molar-refractivity contribution in [1.82, 2.24) is 0 Å². The van der Waals surface area contributed by atoms with Gasteiger partial charge in [-0.3, -0.25) is 0 Å². The largest absolute Gasteiger partial charge is 0.478 e. The van der Waals surface area contributed by atoms with Crippen molar-refractivity contribution in [3.05, 3.63) is 52.0 Å². The highest BCUT2D eigenvalue weighted by molar-refractivity contribution is 7.98. The fourth-order valence-electron chi connectivity index (χ4n) is 1.37. The van der Waals surface area contributed by atoms with Gasteiger partial charge in [0.2, 0.25) is 0 Å². The van der Waals surface area contributed by atoms with E-state index in [9.17, 15) is 9.18 Å². The minimum Gasteiger partial charge on any atom is -0.478 e. The van der Waals surface area contributed by atoms with Gasteiger partial charge in [0.1, 0.15) is 11.4 Å².